The van der Waals surface area contributed by atoms with Crippen molar-refractivity contribution in [3.05, 3.63) is 69.8 Å². The van der Waals surface area contributed by atoms with E-state index in [4.69, 9.17) is 0 Å². The van der Waals surface area contributed by atoms with E-state index in [0.29, 0.717) is 43.5 Å². The van der Waals surface area contributed by atoms with Gasteiger partial charge in [0.25, 0.3) is 5.91 Å². The first kappa shape index (κ1) is 36.7. The molecule has 258 valence electrons. The lowest BCUT2D eigenvalue weighted by molar-refractivity contribution is -0.137. The third-order valence-electron chi connectivity index (χ3n) is 9.80. The van der Waals surface area contributed by atoms with Crippen molar-refractivity contribution in [1.82, 2.24) is 20.4 Å². The molecule has 1 saturated heterocycles. The van der Waals surface area contributed by atoms with Gasteiger partial charge in [-0.1, -0.05) is 68.9 Å². The molecule has 10 heteroatoms. The van der Waals surface area contributed by atoms with Gasteiger partial charge >= 0.3 is 0 Å². The highest BCUT2D eigenvalue weighted by Gasteiger charge is 2.36. The van der Waals surface area contributed by atoms with Crippen molar-refractivity contribution in [3.8, 4) is 0 Å². The Morgan fingerprint density at radius 1 is 0.958 bits per heavy atom. The van der Waals surface area contributed by atoms with Crippen LogP contribution in [0.15, 0.2) is 36.4 Å². The highest BCUT2D eigenvalue weighted by molar-refractivity contribution is 6.01. The maximum absolute atomic E-state index is 13.2. The summed E-state index contributed by atoms with van der Waals surface area (Å²) in [4.78, 5) is 75.9. The minimum Gasteiger partial charge on any atom is -0.357 e. The van der Waals surface area contributed by atoms with Crippen LogP contribution in [-0.2, 0) is 45.1 Å². The van der Waals surface area contributed by atoms with E-state index < -0.39 is 6.04 Å². The normalized spacial score (nSPS) is 16.5. The maximum Gasteiger partial charge on any atom is 0.255 e. The molecule has 0 aliphatic carbocycles. The van der Waals surface area contributed by atoms with Crippen molar-refractivity contribution in [2.45, 2.75) is 115 Å². The van der Waals surface area contributed by atoms with Crippen molar-refractivity contribution in [2.75, 3.05) is 14.1 Å². The number of carbonyl (C=O) groups excluding carboxylic acids is 6. The number of aryl methyl sites for hydroxylation is 2. The molecule has 1 fully saturated rings. The van der Waals surface area contributed by atoms with E-state index in [-0.39, 0.29) is 36.1 Å². The predicted octanol–water partition coefficient (Wildman–Crippen LogP) is 4.69. The zero-order chi connectivity index (χ0) is 34.5. The molecule has 0 spiro atoms. The number of hydrogen-bond acceptors (Lipinski definition) is 7. The molecule has 48 heavy (non-hydrogen) atoms. The zero-order valence-electron chi connectivity index (χ0n) is 28.4. The summed E-state index contributed by atoms with van der Waals surface area (Å²) in [5.41, 5.74) is 5.59. The molecule has 2 N–H and O–H groups in total. The highest BCUT2D eigenvalue weighted by atomic mass is 16.2. The summed E-state index contributed by atoms with van der Waals surface area (Å²) in [6.45, 7) is 0.883. The second-order valence-electron chi connectivity index (χ2n) is 13.1. The quantitative estimate of drug-likeness (QED) is 0.120. The summed E-state index contributed by atoms with van der Waals surface area (Å²) in [7, 11) is 3.42. The molecule has 0 radical (unpaired) electrons. The Balaban J connectivity index is 1.16. The third-order valence-corrected chi connectivity index (χ3v) is 9.80. The van der Waals surface area contributed by atoms with Crippen molar-refractivity contribution >= 4 is 36.2 Å². The summed E-state index contributed by atoms with van der Waals surface area (Å²) in [5, 5.41) is 5.05. The van der Waals surface area contributed by atoms with Gasteiger partial charge in [0.2, 0.25) is 17.7 Å². The molecule has 0 bridgehead atoms. The molecule has 4 amide bonds. The van der Waals surface area contributed by atoms with E-state index in [1.165, 1.54) is 12.8 Å². The van der Waals surface area contributed by atoms with Gasteiger partial charge in [-0.15, -0.1) is 0 Å². The number of piperidine rings is 1. The third kappa shape index (κ3) is 9.46. The fourth-order valence-corrected chi connectivity index (χ4v) is 7.07. The number of nitrogens with one attached hydrogen (secondary N) is 2. The summed E-state index contributed by atoms with van der Waals surface area (Å²) in [6, 6.07) is 10.6. The molecule has 0 saturated carbocycles. The molecule has 0 aromatic heterocycles. The molecular formula is C38H50N4O6. The predicted molar refractivity (Wildman–Crippen MR) is 183 cm³/mol. The molecule has 10 nitrogen and oxygen atoms in total. The molecule has 2 aliphatic rings. The minimum atomic E-state index is -0.650. The number of aldehydes is 2. The number of imide groups is 1. The Labute approximate surface area is 284 Å². The minimum absolute atomic E-state index is 0.140. The van der Waals surface area contributed by atoms with E-state index in [9.17, 15) is 28.8 Å². The largest absolute Gasteiger partial charge is 0.357 e. The van der Waals surface area contributed by atoms with E-state index >= 15 is 0 Å². The van der Waals surface area contributed by atoms with Gasteiger partial charge in [0.05, 0.1) is 6.04 Å². The highest BCUT2D eigenvalue weighted by Crippen LogP contribution is 2.30. The average molecular weight is 659 g/mol. The standard InChI is InChI=1S/C38H50N4O6/c1-39-36(46)34(20-13-23-43)42-25-32-28(17-12-19-30(32)38(42)48)15-10-8-6-4-3-5-7-9-14-27-16-11-18-29(26-44)31(27)24-41(2)33-21-22-35(45)40-37(33)47/h11-12,16-19,23,26,33-34H,3-10,13-15,20-22,24-25H2,1-2H3,(H,39,46)(H,40,45,47). The zero-order valence-corrected chi connectivity index (χ0v) is 28.4. The summed E-state index contributed by atoms with van der Waals surface area (Å²) >= 11 is 0. The molecule has 2 aromatic carbocycles. The van der Waals surface area contributed by atoms with Gasteiger partial charge < -0.3 is 15.0 Å². The van der Waals surface area contributed by atoms with E-state index in [2.05, 4.69) is 22.8 Å². The Kier molecular flexibility index (Phi) is 14.0. The van der Waals surface area contributed by atoms with Gasteiger partial charge in [0.15, 0.2) is 0 Å². The first-order valence-corrected chi connectivity index (χ1v) is 17.5. The van der Waals surface area contributed by atoms with Gasteiger partial charge in [0.1, 0.15) is 18.6 Å². The lowest BCUT2D eigenvalue weighted by atomic mass is 9.95. The van der Waals surface area contributed by atoms with Gasteiger partial charge in [-0.2, -0.15) is 0 Å². The van der Waals surface area contributed by atoms with Crippen LogP contribution >= 0.6 is 0 Å². The van der Waals surface area contributed by atoms with Crippen molar-refractivity contribution in [3.63, 3.8) is 0 Å². The SMILES string of the molecule is CNC(=O)C(CCC=O)N1Cc2c(CCCCCCCCCCc3cccc(C=O)c3CN(C)C3CCC(=O)NC3=O)cccc2C1=O. The van der Waals surface area contributed by atoms with Crippen LogP contribution in [0.3, 0.4) is 0 Å². The number of nitrogens with zero attached hydrogens (tertiary/aromatic N) is 2. The second-order valence-corrected chi connectivity index (χ2v) is 13.1. The lowest BCUT2D eigenvalue weighted by Crippen LogP contribution is -2.51. The number of carbonyl (C=O) groups is 6. The van der Waals surface area contributed by atoms with Crippen LogP contribution in [0, 0.1) is 0 Å². The van der Waals surface area contributed by atoms with Crippen molar-refractivity contribution in [2.24, 2.45) is 0 Å². The van der Waals surface area contributed by atoms with Crippen molar-refractivity contribution in [1.29, 1.82) is 0 Å². The van der Waals surface area contributed by atoms with Crippen LogP contribution in [0.25, 0.3) is 0 Å². The maximum atomic E-state index is 13.2. The number of fused-ring (bicyclic) bond motifs is 1. The van der Waals surface area contributed by atoms with Crippen LogP contribution in [0.5, 0.6) is 0 Å². The molecule has 2 atom stereocenters. The number of amides is 4. The molecule has 2 heterocycles. The van der Waals surface area contributed by atoms with Crippen LogP contribution in [0.1, 0.15) is 120 Å². The topological polar surface area (TPSA) is 133 Å². The van der Waals surface area contributed by atoms with Crippen LogP contribution in [-0.4, -0.2) is 72.2 Å². The second kappa shape index (κ2) is 18.4. The van der Waals surface area contributed by atoms with Crippen LogP contribution in [0.4, 0.5) is 0 Å². The molecule has 2 aliphatic heterocycles. The Hall–Kier alpha value is -4.18. The number of unbranched alkanes of at least 4 members (excludes halogenated alkanes) is 7. The fourth-order valence-electron chi connectivity index (χ4n) is 7.07. The molecule has 4 rings (SSSR count). The Morgan fingerprint density at radius 2 is 1.60 bits per heavy atom. The number of rotatable bonds is 20. The Morgan fingerprint density at radius 3 is 2.25 bits per heavy atom. The summed E-state index contributed by atoms with van der Waals surface area (Å²) < 4.78 is 0. The summed E-state index contributed by atoms with van der Waals surface area (Å²) in [6.07, 6.45) is 13.7. The van der Waals surface area contributed by atoms with Crippen LogP contribution in [0.2, 0.25) is 0 Å². The first-order chi connectivity index (χ1) is 23.3. The van der Waals surface area contributed by atoms with E-state index in [0.717, 1.165) is 86.2 Å². The lowest BCUT2D eigenvalue weighted by Gasteiger charge is -2.30. The van der Waals surface area contributed by atoms with Gasteiger partial charge in [-0.3, -0.25) is 34.2 Å². The first-order valence-electron chi connectivity index (χ1n) is 17.5. The van der Waals surface area contributed by atoms with Crippen LogP contribution < -0.4 is 10.6 Å². The van der Waals surface area contributed by atoms with E-state index in [1.54, 1.807) is 11.9 Å². The molecular weight excluding hydrogens is 608 g/mol. The smallest absolute Gasteiger partial charge is 0.255 e. The van der Waals surface area contributed by atoms with Gasteiger partial charge in [0, 0.05) is 44.1 Å². The monoisotopic (exact) mass is 658 g/mol. The number of likely N-dealkylation sites (N-methyl/N-ethyl adjacent to an activating group) is 2. The molecule has 2 aromatic rings. The van der Waals surface area contributed by atoms with Gasteiger partial charge in [-0.05, 0) is 73.9 Å². The average Bonchev–Trinajstić information content (AvgIpc) is 3.42. The number of benzene rings is 2. The Bertz CT molecular complexity index is 1470. The van der Waals surface area contributed by atoms with Gasteiger partial charge in [-0.25, -0.2) is 0 Å². The summed E-state index contributed by atoms with van der Waals surface area (Å²) in [5.74, 6) is -0.890. The number of hydrogen-bond donors (Lipinski definition) is 2. The molecule has 2 unspecified atom stereocenters. The van der Waals surface area contributed by atoms with E-state index in [1.807, 2.05) is 36.2 Å². The fraction of sp³-hybridized carbons (Fsp3) is 0.526. The van der Waals surface area contributed by atoms with Crippen molar-refractivity contribution < 1.29 is 28.8 Å².